The van der Waals surface area contributed by atoms with Crippen molar-refractivity contribution in [3.8, 4) is 0 Å². The third-order valence-electron chi connectivity index (χ3n) is 7.41. The molecule has 47 heavy (non-hydrogen) atoms. The highest BCUT2D eigenvalue weighted by atomic mass is 79.9. The Morgan fingerprint density at radius 2 is 1.53 bits per heavy atom. The molecule has 0 fully saturated rings. The molecule has 1 N–H and O–H groups in total. The number of anilines is 1. The van der Waals surface area contributed by atoms with Crippen LogP contribution in [0.3, 0.4) is 0 Å². The van der Waals surface area contributed by atoms with Crippen LogP contribution >= 0.6 is 15.9 Å². The highest BCUT2D eigenvalue weighted by molar-refractivity contribution is 9.10. The Morgan fingerprint density at radius 1 is 0.872 bits per heavy atom. The van der Waals surface area contributed by atoms with Crippen molar-refractivity contribution in [2.45, 2.75) is 50.3 Å². The fourth-order valence-electron chi connectivity index (χ4n) is 4.96. The molecule has 2 amide bonds. The molecular weight excluding hydrogens is 695 g/mol. The van der Waals surface area contributed by atoms with E-state index in [9.17, 15) is 31.2 Å². The van der Waals surface area contributed by atoms with Crippen molar-refractivity contribution in [1.82, 2.24) is 10.2 Å². The van der Waals surface area contributed by atoms with Gasteiger partial charge >= 0.3 is 6.18 Å². The number of halogens is 4. The quantitative estimate of drug-likeness (QED) is 0.159. The predicted molar refractivity (Wildman–Crippen MR) is 179 cm³/mol. The van der Waals surface area contributed by atoms with Crippen LogP contribution in [0, 0.1) is 6.92 Å². The van der Waals surface area contributed by atoms with Crippen molar-refractivity contribution >= 4 is 43.5 Å². The smallest absolute Gasteiger partial charge is 0.354 e. The summed E-state index contributed by atoms with van der Waals surface area (Å²) in [5.74, 6) is -1.21. The first-order valence-corrected chi connectivity index (χ1v) is 17.1. The molecule has 1 atom stereocenters. The number of benzene rings is 4. The van der Waals surface area contributed by atoms with E-state index in [2.05, 4.69) is 21.2 Å². The van der Waals surface area contributed by atoms with Crippen LogP contribution in [0.4, 0.5) is 18.9 Å². The summed E-state index contributed by atoms with van der Waals surface area (Å²) >= 11 is 3.43. The number of amides is 2. The van der Waals surface area contributed by atoms with Gasteiger partial charge in [-0.15, -0.1) is 0 Å². The van der Waals surface area contributed by atoms with E-state index in [0.29, 0.717) is 28.9 Å². The Labute approximate surface area is 281 Å². The van der Waals surface area contributed by atoms with Gasteiger partial charge in [0.15, 0.2) is 0 Å². The summed E-state index contributed by atoms with van der Waals surface area (Å²) in [4.78, 5) is 29.2. The molecule has 0 bridgehead atoms. The molecule has 0 radical (unpaired) electrons. The molecular formula is C35H35BrF3N3O4S. The molecule has 4 aromatic rings. The van der Waals surface area contributed by atoms with Crippen molar-refractivity contribution in [1.29, 1.82) is 0 Å². The zero-order valence-corrected chi connectivity index (χ0v) is 28.3. The number of alkyl halides is 3. The average molecular weight is 731 g/mol. The van der Waals surface area contributed by atoms with Gasteiger partial charge in [0.25, 0.3) is 10.0 Å². The Bertz CT molecular complexity index is 1790. The number of hydrogen-bond donors (Lipinski definition) is 1. The fourth-order valence-corrected chi connectivity index (χ4v) is 6.81. The number of rotatable bonds is 13. The molecule has 12 heteroatoms. The van der Waals surface area contributed by atoms with Crippen molar-refractivity contribution in [3.05, 3.63) is 130 Å². The van der Waals surface area contributed by atoms with Crippen molar-refractivity contribution < 1.29 is 31.2 Å². The minimum absolute atomic E-state index is 0.0731. The largest absolute Gasteiger partial charge is 0.416 e. The second kappa shape index (κ2) is 15.6. The van der Waals surface area contributed by atoms with Gasteiger partial charge in [0.05, 0.1) is 16.1 Å². The topological polar surface area (TPSA) is 86.8 Å². The van der Waals surface area contributed by atoms with Crippen LogP contribution < -0.4 is 9.62 Å². The van der Waals surface area contributed by atoms with Gasteiger partial charge in [0.1, 0.15) is 12.6 Å². The minimum Gasteiger partial charge on any atom is -0.354 e. The standard InChI is InChI=1S/C35H35BrF3N3O4S/c1-3-19-40-34(44)32(21-26-9-5-4-6-10-26)41(23-27-11-7-13-29(36)20-27)33(43)24-42(30-14-8-12-28(22-30)35(37,38)39)47(45,46)31-17-15-25(2)16-18-31/h4-18,20,22,32H,3,19,21,23-24H2,1-2H3,(H,40,44)/t32-/m1/s1. The van der Waals surface area contributed by atoms with E-state index in [-0.39, 0.29) is 23.5 Å². The lowest BCUT2D eigenvalue weighted by molar-refractivity contribution is -0.140. The molecule has 0 saturated carbocycles. The summed E-state index contributed by atoms with van der Waals surface area (Å²) in [6.45, 7) is 3.07. The Hall–Kier alpha value is -4.16. The number of nitrogens with zero attached hydrogens (tertiary/aromatic N) is 2. The number of sulfonamides is 1. The van der Waals surface area contributed by atoms with E-state index in [1.165, 1.54) is 23.1 Å². The first-order chi connectivity index (χ1) is 22.3. The maximum absolute atomic E-state index is 14.4. The van der Waals surface area contributed by atoms with E-state index in [0.717, 1.165) is 27.7 Å². The predicted octanol–water partition coefficient (Wildman–Crippen LogP) is 7.14. The third kappa shape index (κ3) is 9.45. The lowest BCUT2D eigenvalue weighted by atomic mass is 10.0. The van der Waals surface area contributed by atoms with Crippen LogP contribution in [0.1, 0.15) is 35.6 Å². The van der Waals surface area contributed by atoms with E-state index >= 15 is 0 Å². The molecule has 0 aromatic heterocycles. The molecule has 0 aliphatic carbocycles. The molecule has 4 aromatic carbocycles. The number of carbonyl (C=O) groups is 2. The Morgan fingerprint density at radius 3 is 2.17 bits per heavy atom. The number of carbonyl (C=O) groups excluding carboxylic acids is 2. The summed E-state index contributed by atoms with van der Waals surface area (Å²) in [5.41, 5.74) is 0.775. The SMILES string of the molecule is CCCNC(=O)[C@@H](Cc1ccccc1)N(Cc1cccc(Br)c1)C(=O)CN(c1cccc(C(F)(F)F)c1)S(=O)(=O)c1ccc(C)cc1. The summed E-state index contributed by atoms with van der Waals surface area (Å²) in [6, 6.07) is 24.7. The fraction of sp³-hybridized carbons (Fsp3) is 0.257. The monoisotopic (exact) mass is 729 g/mol. The van der Waals surface area contributed by atoms with E-state index in [1.807, 2.05) is 25.1 Å². The van der Waals surface area contributed by atoms with Gasteiger partial charge in [-0.1, -0.05) is 89.1 Å². The molecule has 0 spiro atoms. The summed E-state index contributed by atoms with van der Waals surface area (Å²) in [5, 5.41) is 2.86. The third-order valence-corrected chi connectivity index (χ3v) is 9.69. The van der Waals surface area contributed by atoms with E-state index in [1.54, 1.807) is 55.5 Å². The van der Waals surface area contributed by atoms with Crippen molar-refractivity contribution in [2.75, 3.05) is 17.4 Å². The van der Waals surface area contributed by atoms with Crippen LogP contribution in [-0.4, -0.2) is 44.3 Å². The number of aryl methyl sites for hydroxylation is 1. The lowest BCUT2D eigenvalue weighted by Gasteiger charge is -2.34. The normalized spacial score (nSPS) is 12.3. The molecule has 0 saturated heterocycles. The van der Waals surface area contributed by atoms with Crippen LogP contribution in [0.5, 0.6) is 0 Å². The Balaban J connectivity index is 1.84. The summed E-state index contributed by atoms with van der Waals surface area (Å²) in [7, 11) is -4.55. The highest BCUT2D eigenvalue weighted by Gasteiger charge is 2.36. The van der Waals surface area contributed by atoms with Crippen molar-refractivity contribution in [3.63, 3.8) is 0 Å². The zero-order valence-electron chi connectivity index (χ0n) is 25.9. The second-order valence-corrected chi connectivity index (χ2v) is 13.8. The van der Waals surface area contributed by atoms with Gasteiger partial charge in [-0.05, 0) is 66.9 Å². The summed E-state index contributed by atoms with van der Waals surface area (Å²) in [6.07, 6.45) is -4.00. The molecule has 248 valence electrons. The minimum atomic E-state index is -4.76. The molecule has 0 aliphatic heterocycles. The van der Waals surface area contributed by atoms with Gasteiger partial charge in [-0.25, -0.2) is 8.42 Å². The van der Waals surface area contributed by atoms with Gasteiger partial charge in [-0.2, -0.15) is 13.2 Å². The van der Waals surface area contributed by atoms with E-state index < -0.39 is 46.2 Å². The van der Waals surface area contributed by atoms with Gasteiger partial charge in [0.2, 0.25) is 11.8 Å². The van der Waals surface area contributed by atoms with E-state index in [4.69, 9.17) is 0 Å². The van der Waals surface area contributed by atoms with Gasteiger partial charge < -0.3 is 10.2 Å². The molecule has 0 unspecified atom stereocenters. The molecule has 0 heterocycles. The number of hydrogen-bond acceptors (Lipinski definition) is 4. The molecule has 7 nitrogen and oxygen atoms in total. The lowest BCUT2D eigenvalue weighted by Crippen LogP contribution is -2.53. The van der Waals surface area contributed by atoms with Crippen LogP contribution in [0.25, 0.3) is 0 Å². The maximum atomic E-state index is 14.4. The average Bonchev–Trinajstić information content (AvgIpc) is 3.04. The molecule has 4 rings (SSSR count). The Kier molecular flexibility index (Phi) is 11.9. The molecule has 0 aliphatic rings. The summed E-state index contributed by atoms with van der Waals surface area (Å²) < 4.78 is 70.9. The highest BCUT2D eigenvalue weighted by Crippen LogP contribution is 2.33. The maximum Gasteiger partial charge on any atom is 0.416 e. The zero-order chi connectivity index (χ0) is 34.2. The van der Waals surface area contributed by atoms with Crippen LogP contribution in [0.15, 0.2) is 112 Å². The van der Waals surface area contributed by atoms with Crippen molar-refractivity contribution in [2.24, 2.45) is 0 Å². The first kappa shape index (κ1) is 35.7. The van der Waals surface area contributed by atoms with Crippen LogP contribution in [0.2, 0.25) is 0 Å². The van der Waals surface area contributed by atoms with Gasteiger partial charge in [-0.3, -0.25) is 13.9 Å². The first-order valence-electron chi connectivity index (χ1n) is 14.9. The van der Waals surface area contributed by atoms with Crippen LogP contribution in [-0.2, 0) is 38.8 Å². The second-order valence-electron chi connectivity index (χ2n) is 11.0. The number of nitrogens with one attached hydrogen (secondary N) is 1. The van der Waals surface area contributed by atoms with Gasteiger partial charge in [0, 0.05) is 24.0 Å².